The van der Waals surface area contributed by atoms with Gasteiger partial charge in [0.05, 0.1) is 0 Å². The largest absolute Gasteiger partial charge is 0.372 e. The van der Waals surface area contributed by atoms with Crippen molar-refractivity contribution in [1.82, 2.24) is 0 Å². The monoisotopic (exact) mass is 854 g/mol. The average Bonchev–Trinajstić information content (AvgIpc) is 3.28. The fourth-order valence-electron chi connectivity index (χ4n) is 9.68. The van der Waals surface area contributed by atoms with Gasteiger partial charge in [0.1, 0.15) is 13.1 Å². The van der Waals surface area contributed by atoms with E-state index in [0.29, 0.717) is 0 Å². The van der Waals surface area contributed by atoms with Crippen molar-refractivity contribution in [3.8, 4) is 11.1 Å². The molecule has 0 fully saturated rings. The molecule has 0 amide bonds. The molecule has 0 bridgehead atoms. The van der Waals surface area contributed by atoms with Crippen LogP contribution < -0.4 is 15.3 Å². The van der Waals surface area contributed by atoms with Crippen LogP contribution in [-0.4, -0.2) is 36.5 Å². The molecule has 0 aliphatic heterocycles. The number of hydrogen-bond donors (Lipinski definition) is 0. The van der Waals surface area contributed by atoms with Gasteiger partial charge in [-0.2, -0.15) is 0 Å². The van der Waals surface area contributed by atoms with E-state index < -0.39 is 0 Å². The third kappa shape index (κ3) is 18.4. The first-order valence-electron chi connectivity index (χ1n) is 26.6. The first-order chi connectivity index (χ1) is 30.8. The van der Waals surface area contributed by atoms with Crippen LogP contribution in [0.25, 0.3) is 22.8 Å². The van der Waals surface area contributed by atoms with Crippen LogP contribution in [0.1, 0.15) is 210 Å². The molecule has 4 rings (SSSR count). The first kappa shape index (κ1) is 52.0. The van der Waals surface area contributed by atoms with Crippen molar-refractivity contribution in [2.45, 2.75) is 209 Å². The fourth-order valence-corrected chi connectivity index (χ4v) is 9.68. The summed E-state index contributed by atoms with van der Waals surface area (Å²) in [5.74, 6) is 0. The van der Waals surface area contributed by atoms with Gasteiger partial charge in [-0.15, -0.1) is 0 Å². The number of anilines is 1. The number of unbranched alkanes of at least 4 members (excludes halogenated alkanes) is 20. The lowest BCUT2D eigenvalue weighted by atomic mass is 9.93. The van der Waals surface area contributed by atoms with Gasteiger partial charge >= 0.3 is 0 Å². The second-order valence-electron chi connectivity index (χ2n) is 19.3. The van der Waals surface area contributed by atoms with E-state index in [0.717, 1.165) is 0 Å². The highest BCUT2D eigenvalue weighted by Gasteiger charge is 2.14. The Morgan fingerprint density at radius 2 is 0.841 bits per heavy atom. The molecule has 0 atom stereocenters. The summed E-state index contributed by atoms with van der Waals surface area (Å²) in [5.41, 5.74) is 13.4. The molecule has 3 aromatic carbocycles. The molecule has 0 heterocycles. The van der Waals surface area contributed by atoms with Gasteiger partial charge in [-0.05, 0) is 139 Å². The summed E-state index contributed by atoms with van der Waals surface area (Å²) >= 11 is 0. The van der Waals surface area contributed by atoms with Gasteiger partial charge in [-0.3, -0.25) is 0 Å². The molecule has 0 aromatic heterocycles. The Morgan fingerprint density at radius 3 is 1.29 bits per heavy atom. The van der Waals surface area contributed by atoms with E-state index in [1.165, 1.54) is 247 Å². The summed E-state index contributed by atoms with van der Waals surface area (Å²) in [5, 5.41) is 2.66. The van der Waals surface area contributed by atoms with Gasteiger partial charge < -0.3 is 4.90 Å². The topological polar surface area (TPSA) is 6.25 Å². The molecule has 346 valence electrons. The predicted molar refractivity (Wildman–Crippen MR) is 282 cm³/mol. The standard InChI is InChI=1S/C61H93N2/c1-9-13-17-21-25-29-41-62(42-30-26-22-18-14-10-2)58-37-33-54(34-38-58)56-45-50(5)60(51(6)46-56)49-61-52(7)47-57(48-53(61)8)55-35-39-59(40-36-55)63(43-31-27-23-19-15-11-3)44-32-28-24-20-16-12-4/h33-40,45-49H,9-32,41-44H2,1-8H3/q+1. The van der Waals surface area contributed by atoms with Crippen molar-refractivity contribution in [3.05, 3.63) is 111 Å². The van der Waals surface area contributed by atoms with Crippen LogP contribution in [0.5, 0.6) is 0 Å². The van der Waals surface area contributed by atoms with Gasteiger partial charge in [-0.25, -0.2) is 4.58 Å². The summed E-state index contributed by atoms with van der Waals surface area (Å²) in [4.78, 5) is 2.67. The molecule has 63 heavy (non-hydrogen) atoms. The number of rotatable bonds is 31. The van der Waals surface area contributed by atoms with Crippen molar-refractivity contribution in [3.63, 3.8) is 0 Å². The zero-order chi connectivity index (χ0) is 45.1. The van der Waals surface area contributed by atoms with Gasteiger partial charge in [0.2, 0.25) is 0 Å². The second kappa shape index (κ2) is 30.5. The lowest BCUT2D eigenvalue weighted by Crippen LogP contribution is -2.25. The van der Waals surface area contributed by atoms with Crippen LogP contribution in [-0.2, 0) is 0 Å². The normalized spacial score (nSPS) is 12.4. The summed E-state index contributed by atoms with van der Waals surface area (Å²) in [7, 11) is 0. The van der Waals surface area contributed by atoms with E-state index >= 15 is 0 Å². The van der Waals surface area contributed by atoms with E-state index in [2.05, 4.69) is 144 Å². The SMILES string of the molecule is CCCCCCCCN(CCCCCCCC)c1ccc(-c2cc(C)c(C=c3c(C)cc(=C4C=CC(=[N+](CCCCCCCC)CCCCCCCC)C=C4)cc3C)c(C)c2)cc1. The molecule has 0 saturated carbocycles. The molecule has 0 spiro atoms. The van der Waals surface area contributed by atoms with Gasteiger partial charge in [0.15, 0.2) is 5.71 Å². The van der Waals surface area contributed by atoms with Crippen LogP contribution in [0.2, 0.25) is 0 Å². The number of nitrogens with zero attached hydrogens (tertiary/aromatic N) is 2. The summed E-state index contributed by atoms with van der Waals surface area (Å²) in [6.45, 7) is 23.1. The predicted octanol–water partition coefficient (Wildman–Crippen LogP) is 16.4. The smallest absolute Gasteiger partial charge is 0.199 e. The Morgan fingerprint density at radius 1 is 0.429 bits per heavy atom. The summed E-state index contributed by atoms with van der Waals surface area (Å²) in [6.07, 6.45) is 44.3. The average molecular weight is 854 g/mol. The molecule has 0 unspecified atom stereocenters. The molecular weight excluding hydrogens is 761 g/mol. The minimum absolute atomic E-state index is 1.17. The molecule has 3 aromatic rings. The molecular formula is C61H93N2+. The van der Waals surface area contributed by atoms with Crippen LogP contribution in [0, 0.1) is 27.7 Å². The molecule has 1 aliphatic rings. The lowest BCUT2D eigenvalue weighted by molar-refractivity contribution is -0.527. The fraction of sp³-hybridized carbons (Fsp3) is 0.590. The molecule has 2 nitrogen and oxygen atoms in total. The van der Waals surface area contributed by atoms with Gasteiger partial charge in [-0.1, -0.05) is 180 Å². The van der Waals surface area contributed by atoms with E-state index in [1.807, 2.05) is 0 Å². The maximum atomic E-state index is 2.67. The van der Waals surface area contributed by atoms with Crippen molar-refractivity contribution >= 4 is 23.0 Å². The highest BCUT2D eigenvalue weighted by atomic mass is 15.1. The Hall–Kier alpha value is -3.65. The second-order valence-corrected chi connectivity index (χ2v) is 19.3. The first-order valence-corrected chi connectivity index (χ1v) is 26.6. The summed E-state index contributed by atoms with van der Waals surface area (Å²) < 4.78 is 2.67. The molecule has 0 radical (unpaired) electrons. The zero-order valence-electron chi connectivity index (χ0n) is 42.2. The molecule has 0 N–H and O–H groups in total. The van der Waals surface area contributed by atoms with Crippen LogP contribution in [0.3, 0.4) is 0 Å². The van der Waals surface area contributed by atoms with E-state index in [1.54, 1.807) is 0 Å². The molecule has 1 aliphatic carbocycles. The Balaban J connectivity index is 1.49. The van der Waals surface area contributed by atoms with Crippen molar-refractivity contribution in [1.29, 1.82) is 0 Å². The van der Waals surface area contributed by atoms with Crippen LogP contribution in [0.4, 0.5) is 5.69 Å². The third-order valence-corrected chi connectivity index (χ3v) is 13.7. The van der Waals surface area contributed by atoms with Crippen molar-refractivity contribution < 1.29 is 4.58 Å². The Bertz CT molecular complexity index is 1870. The number of allylic oxidation sites excluding steroid dienone is 4. The summed E-state index contributed by atoms with van der Waals surface area (Å²) in [6, 6.07) is 19.1. The molecule has 2 heteroatoms. The molecule has 0 saturated heterocycles. The lowest BCUT2D eigenvalue weighted by Gasteiger charge is -2.25. The Kier molecular flexibility index (Phi) is 25.1. The van der Waals surface area contributed by atoms with E-state index in [-0.39, 0.29) is 0 Å². The minimum atomic E-state index is 1.17. The van der Waals surface area contributed by atoms with Crippen LogP contribution >= 0.6 is 0 Å². The highest BCUT2D eigenvalue weighted by molar-refractivity contribution is 6.05. The maximum absolute atomic E-state index is 2.67. The minimum Gasteiger partial charge on any atom is -0.372 e. The number of benzene rings is 3. The van der Waals surface area contributed by atoms with E-state index in [9.17, 15) is 0 Å². The Labute approximate surface area is 388 Å². The quantitative estimate of drug-likeness (QED) is 0.0462. The highest BCUT2D eigenvalue weighted by Crippen LogP contribution is 2.29. The van der Waals surface area contributed by atoms with Crippen molar-refractivity contribution in [2.75, 3.05) is 31.1 Å². The van der Waals surface area contributed by atoms with Gasteiger partial charge in [0.25, 0.3) is 0 Å². The zero-order valence-corrected chi connectivity index (χ0v) is 42.2. The van der Waals surface area contributed by atoms with E-state index in [4.69, 9.17) is 0 Å². The number of hydrogen-bond acceptors (Lipinski definition) is 1. The number of aryl methyl sites for hydroxylation is 4. The van der Waals surface area contributed by atoms with Crippen LogP contribution in [0.15, 0.2) is 72.8 Å². The van der Waals surface area contributed by atoms with Gasteiger partial charge in [0, 0.05) is 43.8 Å². The third-order valence-electron chi connectivity index (χ3n) is 13.7. The maximum Gasteiger partial charge on any atom is 0.199 e. The van der Waals surface area contributed by atoms with Crippen molar-refractivity contribution in [2.24, 2.45) is 0 Å².